The van der Waals surface area contributed by atoms with E-state index >= 15 is 0 Å². The first-order valence-corrected chi connectivity index (χ1v) is 4.73. The smallest absolute Gasteiger partial charge is 0.0774 e. The van der Waals surface area contributed by atoms with Gasteiger partial charge in [-0.3, -0.25) is 0 Å². The highest BCUT2D eigenvalue weighted by Crippen LogP contribution is 2.22. The maximum absolute atomic E-state index is 9.65. The first kappa shape index (κ1) is 12.9. The van der Waals surface area contributed by atoms with Crippen LogP contribution in [0.4, 0.5) is 0 Å². The van der Waals surface area contributed by atoms with Gasteiger partial charge in [0.25, 0.3) is 0 Å². The van der Waals surface area contributed by atoms with Gasteiger partial charge in [0, 0.05) is 7.11 Å². The third-order valence-electron chi connectivity index (χ3n) is 2.13. The number of hydrogen-bond acceptors (Lipinski definition) is 3. The monoisotopic (exact) mass is 190 g/mol. The molecule has 0 saturated heterocycles. The van der Waals surface area contributed by atoms with Crippen LogP contribution >= 0.6 is 0 Å². The van der Waals surface area contributed by atoms with Gasteiger partial charge in [0.2, 0.25) is 0 Å². The summed E-state index contributed by atoms with van der Waals surface area (Å²) in [5.74, 6) is 0. The summed E-state index contributed by atoms with van der Waals surface area (Å²) in [4.78, 5) is 0. The second-order valence-corrected chi connectivity index (χ2v) is 4.57. The van der Waals surface area contributed by atoms with Crippen LogP contribution in [-0.2, 0) is 4.74 Å². The first-order valence-electron chi connectivity index (χ1n) is 4.73. The Morgan fingerprint density at radius 2 is 1.69 bits per heavy atom. The average Bonchev–Trinajstić information content (AvgIpc) is 1.99. The minimum absolute atomic E-state index is 0.104. The van der Waals surface area contributed by atoms with E-state index in [0.717, 1.165) is 0 Å². The lowest BCUT2D eigenvalue weighted by Crippen LogP contribution is -2.28. The predicted octanol–water partition coefficient (Wildman–Crippen LogP) is 1.18. The van der Waals surface area contributed by atoms with E-state index in [0.29, 0.717) is 19.4 Å². The van der Waals surface area contributed by atoms with Gasteiger partial charge in [-0.2, -0.15) is 0 Å². The topological polar surface area (TPSA) is 49.7 Å². The molecule has 0 amide bonds. The van der Waals surface area contributed by atoms with Crippen LogP contribution in [0.3, 0.4) is 0 Å². The molecule has 0 aliphatic carbocycles. The van der Waals surface area contributed by atoms with Crippen LogP contribution in [0.25, 0.3) is 0 Å². The van der Waals surface area contributed by atoms with Crippen molar-refractivity contribution in [3.63, 3.8) is 0 Å². The van der Waals surface area contributed by atoms with E-state index in [1.165, 1.54) is 0 Å². The Morgan fingerprint density at radius 1 is 1.15 bits per heavy atom. The van der Waals surface area contributed by atoms with E-state index in [4.69, 9.17) is 4.74 Å². The Kier molecular flexibility index (Phi) is 5.53. The molecule has 0 bridgehead atoms. The standard InChI is InChI=1S/C10H22O3/c1-10(2,3)9(12)6-5-8(11)7-13-4/h8-9,11-12H,5-7H2,1-4H3. The zero-order chi connectivity index (χ0) is 10.5. The molecule has 0 spiro atoms. The van der Waals surface area contributed by atoms with Crippen molar-refractivity contribution in [1.29, 1.82) is 0 Å². The summed E-state index contributed by atoms with van der Waals surface area (Å²) in [5, 5.41) is 19.0. The Bertz CT molecular complexity index is 129. The summed E-state index contributed by atoms with van der Waals surface area (Å²) in [6, 6.07) is 0. The van der Waals surface area contributed by atoms with Crippen molar-refractivity contribution in [3.8, 4) is 0 Å². The molecule has 0 saturated carbocycles. The molecule has 0 aromatic heterocycles. The van der Waals surface area contributed by atoms with Crippen LogP contribution in [0.5, 0.6) is 0 Å². The van der Waals surface area contributed by atoms with Gasteiger partial charge in [-0.1, -0.05) is 20.8 Å². The third-order valence-corrected chi connectivity index (χ3v) is 2.13. The van der Waals surface area contributed by atoms with Crippen molar-refractivity contribution >= 4 is 0 Å². The molecule has 2 unspecified atom stereocenters. The fourth-order valence-corrected chi connectivity index (χ4v) is 1.06. The number of aliphatic hydroxyl groups is 2. The lowest BCUT2D eigenvalue weighted by molar-refractivity contribution is 0.0188. The fourth-order valence-electron chi connectivity index (χ4n) is 1.06. The molecule has 3 nitrogen and oxygen atoms in total. The molecule has 0 aromatic carbocycles. The van der Waals surface area contributed by atoms with E-state index in [1.54, 1.807) is 7.11 Å². The van der Waals surface area contributed by atoms with E-state index in [1.807, 2.05) is 20.8 Å². The number of hydrogen-bond donors (Lipinski definition) is 2. The summed E-state index contributed by atoms with van der Waals surface area (Å²) in [5.41, 5.74) is -0.104. The van der Waals surface area contributed by atoms with E-state index in [9.17, 15) is 10.2 Å². The molecule has 2 atom stereocenters. The molecule has 0 aliphatic rings. The minimum Gasteiger partial charge on any atom is -0.393 e. The first-order chi connectivity index (χ1) is 5.88. The molecule has 80 valence electrons. The molecule has 3 heteroatoms. The predicted molar refractivity (Wildman–Crippen MR) is 52.6 cm³/mol. The van der Waals surface area contributed by atoms with Crippen molar-refractivity contribution in [1.82, 2.24) is 0 Å². The highest BCUT2D eigenvalue weighted by Gasteiger charge is 2.22. The lowest BCUT2D eigenvalue weighted by atomic mass is 9.86. The Balaban J connectivity index is 3.63. The normalized spacial score (nSPS) is 17.1. The Labute approximate surface area is 80.7 Å². The number of methoxy groups -OCH3 is 1. The molecule has 2 N–H and O–H groups in total. The van der Waals surface area contributed by atoms with Crippen LogP contribution in [0, 0.1) is 5.41 Å². The van der Waals surface area contributed by atoms with Gasteiger partial charge in [-0.15, -0.1) is 0 Å². The molecular formula is C10H22O3. The molecule has 0 rings (SSSR count). The average molecular weight is 190 g/mol. The SMILES string of the molecule is COCC(O)CCC(O)C(C)(C)C. The van der Waals surface area contributed by atoms with Crippen LogP contribution in [0.1, 0.15) is 33.6 Å². The van der Waals surface area contributed by atoms with Gasteiger partial charge >= 0.3 is 0 Å². The van der Waals surface area contributed by atoms with Crippen molar-refractivity contribution in [2.24, 2.45) is 5.41 Å². The van der Waals surface area contributed by atoms with Crippen LogP contribution in [0.15, 0.2) is 0 Å². The summed E-state index contributed by atoms with van der Waals surface area (Å²) in [6.45, 7) is 6.30. The molecule has 0 aliphatic heterocycles. The summed E-state index contributed by atoms with van der Waals surface area (Å²) in [7, 11) is 1.56. The number of rotatable bonds is 5. The van der Waals surface area contributed by atoms with Crippen LogP contribution in [-0.4, -0.2) is 36.1 Å². The lowest BCUT2D eigenvalue weighted by Gasteiger charge is -2.26. The maximum Gasteiger partial charge on any atom is 0.0774 e. The molecule has 0 radical (unpaired) electrons. The molecule has 0 fully saturated rings. The molecule has 0 heterocycles. The molecule has 13 heavy (non-hydrogen) atoms. The number of ether oxygens (including phenoxy) is 1. The van der Waals surface area contributed by atoms with Crippen molar-refractivity contribution in [3.05, 3.63) is 0 Å². The van der Waals surface area contributed by atoms with Crippen molar-refractivity contribution < 1.29 is 14.9 Å². The Hall–Kier alpha value is -0.120. The summed E-state index contributed by atoms with van der Waals surface area (Å²) < 4.78 is 4.79. The minimum atomic E-state index is -0.456. The maximum atomic E-state index is 9.65. The zero-order valence-electron chi connectivity index (χ0n) is 9.08. The van der Waals surface area contributed by atoms with E-state index in [-0.39, 0.29) is 11.5 Å². The second-order valence-electron chi connectivity index (χ2n) is 4.57. The van der Waals surface area contributed by atoms with E-state index < -0.39 is 6.10 Å². The highest BCUT2D eigenvalue weighted by atomic mass is 16.5. The molecular weight excluding hydrogens is 168 g/mol. The van der Waals surface area contributed by atoms with Gasteiger partial charge in [0.05, 0.1) is 18.8 Å². The van der Waals surface area contributed by atoms with Gasteiger partial charge in [-0.05, 0) is 18.3 Å². The highest BCUT2D eigenvalue weighted by molar-refractivity contribution is 4.73. The Morgan fingerprint density at radius 3 is 2.08 bits per heavy atom. The third kappa shape index (κ3) is 6.02. The van der Waals surface area contributed by atoms with Gasteiger partial charge < -0.3 is 14.9 Å². The van der Waals surface area contributed by atoms with Crippen LogP contribution in [0.2, 0.25) is 0 Å². The quantitative estimate of drug-likeness (QED) is 0.684. The summed E-state index contributed by atoms with van der Waals surface area (Å²) in [6.07, 6.45) is 0.390. The summed E-state index contributed by atoms with van der Waals surface area (Å²) >= 11 is 0. The molecule has 0 aromatic rings. The number of aliphatic hydroxyl groups excluding tert-OH is 2. The van der Waals surface area contributed by atoms with Gasteiger partial charge in [0.1, 0.15) is 0 Å². The van der Waals surface area contributed by atoms with Gasteiger partial charge in [0.15, 0.2) is 0 Å². The fraction of sp³-hybridized carbons (Fsp3) is 1.00. The van der Waals surface area contributed by atoms with Crippen molar-refractivity contribution in [2.75, 3.05) is 13.7 Å². The zero-order valence-corrected chi connectivity index (χ0v) is 9.08. The van der Waals surface area contributed by atoms with E-state index in [2.05, 4.69) is 0 Å². The van der Waals surface area contributed by atoms with Crippen molar-refractivity contribution in [2.45, 2.75) is 45.8 Å². The second kappa shape index (κ2) is 5.58. The van der Waals surface area contributed by atoms with Crippen LogP contribution < -0.4 is 0 Å². The van der Waals surface area contributed by atoms with Gasteiger partial charge in [-0.25, -0.2) is 0 Å². The largest absolute Gasteiger partial charge is 0.393 e.